The van der Waals surface area contributed by atoms with Crippen molar-refractivity contribution in [3.05, 3.63) is 34.5 Å². The molecule has 1 aromatic carbocycles. The van der Waals surface area contributed by atoms with E-state index >= 15 is 0 Å². The van der Waals surface area contributed by atoms with Crippen molar-refractivity contribution >= 4 is 32.9 Å². The number of aliphatic carboxylic acids is 1. The maximum absolute atomic E-state index is 10.9. The van der Waals surface area contributed by atoms with Crippen LogP contribution in [0.15, 0.2) is 33.2 Å². The molecule has 0 aliphatic rings. The molecule has 0 aliphatic carbocycles. The van der Waals surface area contributed by atoms with Gasteiger partial charge in [0.25, 0.3) is 0 Å². The van der Waals surface area contributed by atoms with Gasteiger partial charge in [-0.05, 0) is 31.2 Å². The topological polar surface area (TPSA) is 53.7 Å². The van der Waals surface area contributed by atoms with Gasteiger partial charge in [-0.2, -0.15) is 0 Å². The monoisotopic (exact) mass is 335 g/mol. The maximum atomic E-state index is 10.9. The maximum Gasteiger partial charge on any atom is 0.317 e. The number of hydrogen-bond acceptors (Lipinski definition) is 3. The van der Waals surface area contributed by atoms with Crippen LogP contribution in [0.5, 0.6) is 0 Å². The normalized spacial score (nSPS) is 12.5. The Bertz CT molecular complexity index is 671. The standard InChI is InChI=1S/C15H14BrNO3/c1-3-6-17(9-15(18)19)10(2)14-8-11-7-12(16)4-5-13(11)20-14/h1,4-5,7-8,10H,6,9H2,2H3,(H,18,19). The number of carbonyl (C=O) groups is 1. The predicted octanol–water partition coefficient (Wildman–Crippen LogP) is 3.28. The summed E-state index contributed by atoms with van der Waals surface area (Å²) in [5.41, 5.74) is 0.769. The van der Waals surface area contributed by atoms with Gasteiger partial charge in [-0.25, -0.2) is 0 Å². The van der Waals surface area contributed by atoms with Crippen LogP contribution in [0.1, 0.15) is 18.7 Å². The molecule has 0 saturated carbocycles. The molecular formula is C15H14BrNO3. The van der Waals surface area contributed by atoms with Crippen molar-refractivity contribution < 1.29 is 14.3 Å². The summed E-state index contributed by atoms with van der Waals surface area (Å²) in [4.78, 5) is 12.6. The first kappa shape index (κ1) is 14.6. The third-order valence-electron chi connectivity index (χ3n) is 3.09. The quantitative estimate of drug-likeness (QED) is 0.852. The third-order valence-corrected chi connectivity index (χ3v) is 3.58. The Kier molecular flexibility index (Phi) is 4.48. The van der Waals surface area contributed by atoms with Gasteiger partial charge in [0.05, 0.1) is 19.1 Å². The van der Waals surface area contributed by atoms with Gasteiger partial charge >= 0.3 is 5.97 Å². The number of fused-ring (bicyclic) bond motifs is 1. The molecule has 1 atom stereocenters. The van der Waals surface area contributed by atoms with Crippen molar-refractivity contribution in [2.75, 3.05) is 13.1 Å². The number of carboxylic acid groups (broad SMARTS) is 1. The lowest BCUT2D eigenvalue weighted by molar-refractivity contribution is -0.138. The van der Waals surface area contributed by atoms with Crippen LogP contribution in [-0.2, 0) is 4.79 Å². The molecule has 20 heavy (non-hydrogen) atoms. The zero-order valence-corrected chi connectivity index (χ0v) is 12.6. The summed E-state index contributed by atoms with van der Waals surface area (Å²) in [5.74, 6) is 2.27. The highest BCUT2D eigenvalue weighted by Gasteiger charge is 2.21. The smallest absolute Gasteiger partial charge is 0.317 e. The zero-order chi connectivity index (χ0) is 14.7. The molecule has 0 spiro atoms. The lowest BCUT2D eigenvalue weighted by Gasteiger charge is -2.23. The number of terminal acetylenes is 1. The van der Waals surface area contributed by atoms with Gasteiger partial charge < -0.3 is 9.52 Å². The molecule has 104 valence electrons. The Morgan fingerprint density at radius 1 is 1.55 bits per heavy atom. The lowest BCUT2D eigenvalue weighted by atomic mass is 10.2. The van der Waals surface area contributed by atoms with Gasteiger partial charge in [-0.1, -0.05) is 21.9 Å². The molecule has 1 aromatic heterocycles. The van der Waals surface area contributed by atoms with E-state index in [1.165, 1.54) is 0 Å². The van der Waals surface area contributed by atoms with E-state index < -0.39 is 5.97 Å². The van der Waals surface area contributed by atoms with Crippen molar-refractivity contribution in [2.45, 2.75) is 13.0 Å². The van der Waals surface area contributed by atoms with Crippen LogP contribution in [0.4, 0.5) is 0 Å². The fraction of sp³-hybridized carbons (Fsp3) is 0.267. The fourth-order valence-electron chi connectivity index (χ4n) is 2.04. The van der Waals surface area contributed by atoms with E-state index in [9.17, 15) is 4.79 Å². The Labute approximate surface area is 125 Å². The molecule has 2 aromatic rings. The summed E-state index contributed by atoms with van der Waals surface area (Å²) >= 11 is 3.41. The SMILES string of the molecule is C#CCN(CC(=O)O)C(C)c1cc2cc(Br)ccc2o1. The second kappa shape index (κ2) is 6.12. The average Bonchev–Trinajstić information content (AvgIpc) is 2.79. The first-order valence-corrected chi connectivity index (χ1v) is 6.89. The van der Waals surface area contributed by atoms with Gasteiger partial charge in [0, 0.05) is 9.86 Å². The molecule has 4 nitrogen and oxygen atoms in total. The fourth-order valence-corrected chi connectivity index (χ4v) is 2.42. The molecule has 1 N–H and O–H groups in total. The van der Waals surface area contributed by atoms with Crippen molar-refractivity contribution in [1.82, 2.24) is 4.90 Å². The van der Waals surface area contributed by atoms with Crippen LogP contribution in [0.2, 0.25) is 0 Å². The number of rotatable bonds is 5. The Hall–Kier alpha value is -1.77. The molecule has 1 heterocycles. The number of hydrogen-bond donors (Lipinski definition) is 1. The largest absolute Gasteiger partial charge is 0.480 e. The molecule has 0 amide bonds. The zero-order valence-electron chi connectivity index (χ0n) is 11.0. The van der Waals surface area contributed by atoms with Gasteiger partial charge in [0.15, 0.2) is 0 Å². The molecule has 2 rings (SSSR count). The molecule has 0 aliphatic heterocycles. The van der Waals surface area contributed by atoms with E-state index in [1.54, 1.807) is 4.90 Å². The van der Waals surface area contributed by atoms with Crippen LogP contribution in [0.25, 0.3) is 11.0 Å². The summed E-state index contributed by atoms with van der Waals surface area (Å²) in [6, 6.07) is 7.44. The Balaban J connectivity index is 2.30. The first-order chi connectivity index (χ1) is 9.51. The van der Waals surface area contributed by atoms with E-state index in [4.69, 9.17) is 15.9 Å². The van der Waals surface area contributed by atoms with E-state index in [0.29, 0.717) is 5.76 Å². The van der Waals surface area contributed by atoms with Crippen molar-refractivity contribution in [2.24, 2.45) is 0 Å². The summed E-state index contributed by atoms with van der Waals surface area (Å²) in [6.45, 7) is 2.02. The van der Waals surface area contributed by atoms with E-state index in [1.807, 2.05) is 31.2 Å². The Morgan fingerprint density at radius 3 is 2.95 bits per heavy atom. The molecule has 0 fully saturated rings. The first-order valence-electron chi connectivity index (χ1n) is 6.09. The summed E-state index contributed by atoms with van der Waals surface area (Å²) in [7, 11) is 0. The van der Waals surface area contributed by atoms with Crippen molar-refractivity contribution in [3.63, 3.8) is 0 Å². The van der Waals surface area contributed by atoms with Gasteiger partial charge in [0.2, 0.25) is 0 Å². The van der Waals surface area contributed by atoms with Crippen molar-refractivity contribution in [1.29, 1.82) is 0 Å². The highest BCUT2D eigenvalue weighted by Crippen LogP contribution is 2.29. The molecular weight excluding hydrogens is 322 g/mol. The highest BCUT2D eigenvalue weighted by molar-refractivity contribution is 9.10. The van der Waals surface area contributed by atoms with E-state index in [-0.39, 0.29) is 19.1 Å². The molecule has 5 heteroatoms. The number of benzene rings is 1. The van der Waals surface area contributed by atoms with Gasteiger partial charge in [-0.3, -0.25) is 9.69 Å². The number of halogens is 1. The predicted molar refractivity (Wildman–Crippen MR) is 80.4 cm³/mol. The van der Waals surface area contributed by atoms with E-state index in [2.05, 4.69) is 21.9 Å². The van der Waals surface area contributed by atoms with Crippen LogP contribution >= 0.6 is 15.9 Å². The number of furan rings is 1. The second-order valence-electron chi connectivity index (χ2n) is 4.51. The third kappa shape index (κ3) is 3.21. The van der Waals surface area contributed by atoms with Crippen LogP contribution in [-0.4, -0.2) is 29.1 Å². The van der Waals surface area contributed by atoms with E-state index in [0.717, 1.165) is 15.4 Å². The summed E-state index contributed by atoms with van der Waals surface area (Å²) in [6.07, 6.45) is 5.29. The second-order valence-corrected chi connectivity index (χ2v) is 5.43. The van der Waals surface area contributed by atoms with Gasteiger partial charge in [0.1, 0.15) is 11.3 Å². The Morgan fingerprint density at radius 2 is 2.30 bits per heavy atom. The number of carboxylic acids is 1. The van der Waals surface area contributed by atoms with Crippen LogP contribution in [0.3, 0.4) is 0 Å². The summed E-state index contributed by atoms with van der Waals surface area (Å²) in [5, 5.41) is 9.91. The van der Waals surface area contributed by atoms with Crippen molar-refractivity contribution in [3.8, 4) is 12.3 Å². The molecule has 1 unspecified atom stereocenters. The molecule has 0 bridgehead atoms. The van der Waals surface area contributed by atoms with Gasteiger partial charge in [-0.15, -0.1) is 6.42 Å². The van der Waals surface area contributed by atoms with Crippen LogP contribution in [0, 0.1) is 12.3 Å². The lowest BCUT2D eigenvalue weighted by Crippen LogP contribution is -2.32. The minimum atomic E-state index is -0.911. The van der Waals surface area contributed by atoms with Crippen LogP contribution < -0.4 is 0 Å². The average molecular weight is 336 g/mol. The molecule has 0 saturated heterocycles. The minimum Gasteiger partial charge on any atom is -0.480 e. The molecule has 0 radical (unpaired) electrons. The minimum absolute atomic E-state index is 0.119. The number of nitrogens with zero attached hydrogens (tertiary/aromatic N) is 1. The highest BCUT2D eigenvalue weighted by atomic mass is 79.9. The summed E-state index contributed by atoms with van der Waals surface area (Å²) < 4.78 is 6.74.